The van der Waals surface area contributed by atoms with E-state index in [9.17, 15) is 4.79 Å². The Morgan fingerprint density at radius 2 is 2.15 bits per heavy atom. The lowest BCUT2D eigenvalue weighted by Crippen LogP contribution is -2.43. The van der Waals surface area contributed by atoms with Crippen LogP contribution in [-0.2, 0) is 23.7 Å². The van der Waals surface area contributed by atoms with E-state index in [0.29, 0.717) is 51.7 Å². The second-order valence-corrected chi connectivity index (χ2v) is 6.87. The molecule has 1 aromatic rings. The lowest BCUT2D eigenvalue weighted by Gasteiger charge is -2.32. The van der Waals surface area contributed by atoms with Crippen molar-refractivity contribution >= 4 is 17.2 Å². The number of morpholine rings is 1. The molecule has 1 amide bonds. The second-order valence-electron chi connectivity index (χ2n) is 6.09. The number of hydrogen-bond acceptors (Lipinski definition) is 7. The van der Waals surface area contributed by atoms with Crippen molar-refractivity contribution in [2.45, 2.75) is 18.6 Å². The largest absolute Gasteiger partial charge is 0.459 e. The monoisotopic (exact) mass is 383 g/mol. The number of carbonyl (C=O) groups is 1. The van der Waals surface area contributed by atoms with Gasteiger partial charge in [-0.3, -0.25) is 4.79 Å². The van der Waals surface area contributed by atoms with Crippen molar-refractivity contribution in [3.8, 4) is 0 Å². The highest BCUT2D eigenvalue weighted by molar-refractivity contribution is 7.08. The minimum absolute atomic E-state index is 0.0128. The number of hydrogen-bond donors (Lipinski definition) is 1. The summed E-state index contributed by atoms with van der Waals surface area (Å²) in [5.41, 5.74) is 1.16. The Morgan fingerprint density at radius 3 is 2.88 bits per heavy atom. The van der Waals surface area contributed by atoms with E-state index in [2.05, 4.69) is 11.4 Å². The summed E-state index contributed by atoms with van der Waals surface area (Å²) in [4.78, 5) is 14.6. The van der Waals surface area contributed by atoms with Gasteiger partial charge in [-0.1, -0.05) is 0 Å². The highest BCUT2D eigenvalue weighted by atomic mass is 32.1. The first kappa shape index (κ1) is 19.3. The van der Waals surface area contributed by atoms with Crippen molar-refractivity contribution in [3.63, 3.8) is 0 Å². The molecule has 3 rings (SSSR count). The normalized spacial score (nSPS) is 23.4. The van der Waals surface area contributed by atoms with Crippen LogP contribution in [0.3, 0.4) is 0 Å². The average molecular weight is 383 g/mol. The summed E-state index contributed by atoms with van der Waals surface area (Å²) in [5.74, 6) is 0.312. The van der Waals surface area contributed by atoms with Crippen molar-refractivity contribution in [1.82, 2.24) is 4.90 Å². The van der Waals surface area contributed by atoms with Crippen LogP contribution in [0.25, 0.3) is 0 Å². The molecule has 1 fully saturated rings. The van der Waals surface area contributed by atoms with Crippen LogP contribution in [0.15, 0.2) is 28.7 Å². The van der Waals surface area contributed by atoms with Crippen molar-refractivity contribution < 1.29 is 28.8 Å². The van der Waals surface area contributed by atoms with Gasteiger partial charge in [-0.2, -0.15) is 11.3 Å². The second kappa shape index (κ2) is 10.0. The van der Waals surface area contributed by atoms with Crippen molar-refractivity contribution in [1.29, 1.82) is 0 Å². The molecule has 3 heterocycles. The third kappa shape index (κ3) is 5.28. The molecule has 0 spiro atoms. The van der Waals surface area contributed by atoms with Gasteiger partial charge in [0.1, 0.15) is 0 Å². The van der Waals surface area contributed by atoms with E-state index in [-0.39, 0.29) is 25.0 Å². The molecular weight excluding hydrogens is 358 g/mol. The predicted molar refractivity (Wildman–Crippen MR) is 95.9 cm³/mol. The minimum atomic E-state index is -0.498. The minimum Gasteiger partial charge on any atom is -0.459 e. The number of thiophene rings is 1. The standard InChI is InChI=1S/C18H25NO6S/c20-4-7-23-8-9-24-17-12-15(14-1-10-26-13-14)11-16(25-17)18(21)19-2-5-22-6-3-19/h1,10-11,13,15,17,20H,2-9,12H2/t15-,17+/m0/s1. The number of carbonyl (C=O) groups excluding carboxylic acids is 1. The van der Waals surface area contributed by atoms with Gasteiger partial charge in [0.25, 0.3) is 5.91 Å². The topological polar surface area (TPSA) is 77.5 Å². The molecule has 1 N–H and O–H groups in total. The van der Waals surface area contributed by atoms with E-state index in [1.54, 1.807) is 16.2 Å². The Bertz CT molecular complexity index is 585. The van der Waals surface area contributed by atoms with E-state index in [0.717, 1.165) is 5.56 Å². The lowest BCUT2D eigenvalue weighted by atomic mass is 9.95. The van der Waals surface area contributed by atoms with E-state index in [1.165, 1.54) is 0 Å². The van der Waals surface area contributed by atoms with Gasteiger partial charge in [-0.25, -0.2) is 0 Å². The van der Waals surface area contributed by atoms with Crippen molar-refractivity contribution in [2.75, 3.05) is 52.7 Å². The van der Waals surface area contributed by atoms with Gasteiger partial charge < -0.3 is 29.0 Å². The summed E-state index contributed by atoms with van der Waals surface area (Å²) in [6, 6.07) is 2.06. The molecule has 2 aliphatic rings. The van der Waals surface area contributed by atoms with E-state index in [1.807, 2.05) is 11.5 Å². The molecule has 0 unspecified atom stereocenters. The Balaban J connectivity index is 1.64. The fourth-order valence-corrected chi connectivity index (χ4v) is 3.68. The van der Waals surface area contributed by atoms with E-state index >= 15 is 0 Å². The first-order valence-corrected chi connectivity index (χ1v) is 9.80. The number of allylic oxidation sites excluding steroid dienone is 1. The summed E-state index contributed by atoms with van der Waals surface area (Å²) >= 11 is 1.63. The van der Waals surface area contributed by atoms with Crippen LogP contribution in [0.2, 0.25) is 0 Å². The van der Waals surface area contributed by atoms with Crippen LogP contribution in [0, 0.1) is 0 Å². The molecule has 0 bridgehead atoms. The average Bonchev–Trinajstić information content (AvgIpc) is 3.23. The van der Waals surface area contributed by atoms with Crippen LogP contribution in [0.1, 0.15) is 17.9 Å². The molecule has 1 aromatic heterocycles. The molecule has 1 saturated heterocycles. The smallest absolute Gasteiger partial charge is 0.288 e. The predicted octanol–water partition coefficient (Wildman–Crippen LogP) is 1.35. The van der Waals surface area contributed by atoms with Crippen LogP contribution in [-0.4, -0.2) is 74.9 Å². The van der Waals surface area contributed by atoms with Gasteiger partial charge in [0.05, 0.1) is 39.6 Å². The first-order chi connectivity index (χ1) is 12.8. The van der Waals surface area contributed by atoms with E-state index < -0.39 is 6.29 Å². The number of nitrogens with zero attached hydrogens (tertiary/aromatic N) is 1. The summed E-state index contributed by atoms with van der Waals surface area (Å²) < 4.78 is 22.1. The molecule has 0 saturated carbocycles. The Labute approximate surface area is 157 Å². The van der Waals surface area contributed by atoms with Gasteiger partial charge in [-0.15, -0.1) is 0 Å². The van der Waals surface area contributed by atoms with Crippen LogP contribution in [0.4, 0.5) is 0 Å². The zero-order valence-corrected chi connectivity index (χ0v) is 15.5. The molecule has 2 aliphatic heterocycles. The zero-order chi connectivity index (χ0) is 18.2. The summed E-state index contributed by atoms with van der Waals surface area (Å²) in [7, 11) is 0. The quantitative estimate of drug-likeness (QED) is 0.683. The molecule has 8 heteroatoms. The maximum Gasteiger partial charge on any atom is 0.288 e. The van der Waals surface area contributed by atoms with Crippen LogP contribution >= 0.6 is 11.3 Å². The molecular formula is C18H25NO6S. The summed E-state index contributed by atoms with van der Waals surface area (Å²) in [6.45, 7) is 3.24. The Kier molecular flexibility index (Phi) is 7.45. The molecule has 26 heavy (non-hydrogen) atoms. The molecule has 7 nitrogen and oxygen atoms in total. The Morgan fingerprint density at radius 1 is 1.31 bits per heavy atom. The van der Waals surface area contributed by atoms with Gasteiger partial charge >= 0.3 is 0 Å². The number of rotatable bonds is 8. The number of amides is 1. The SMILES string of the molecule is O=C(C1=C[C@H](c2ccsc2)C[C@H](OCCOCCO)O1)N1CCOCC1. The number of aliphatic hydroxyl groups excluding tert-OH is 1. The van der Waals surface area contributed by atoms with Crippen LogP contribution in [0.5, 0.6) is 0 Å². The van der Waals surface area contributed by atoms with Crippen molar-refractivity contribution in [2.24, 2.45) is 0 Å². The van der Waals surface area contributed by atoms with Gasteiger partial charge in [-0.05, 0) is 28.5 Å². The van der Waals surface area contributed by atoms with Crippen molar-refractivity contribution in [3.05, 3.63) is 34.2 Å². The highest BCUT2D eigenvalue weighted by Crippen LogP contribution is 2.33. The Hall–Kier alpha value is -1.45. The molecule has 0 radical (unpaired) electrons. The number of aliphatic hydroxyl groups is 1. The zero-order valence-electron chi connectivity index (χ0n) is 14.7. The fraction of sp³-hybridized carbons (Fsp3) is 0.611. The highest BCUT2D eigenvalue weighted by Gasteiger charge is 2.31. The maximum atomic E-state index is 12.8. The molecule has 0 aromatic carbocycles. The van der Waals surface area contributed by atoms with E-state index in [4.69, 9.17) is 24.1 Å². The third-order valence-corrected chi connectivity index (χ3v) is 5.01. The summed E-state index contributed by atoms with van der Waals surface area (Å²) in [6.07, 6.45) is 2.06. The third-order valence-electron chi connectivity index (χ3n) is 4.30. The fourth-order valence-electron chi connectivity index (χ4n) is 2.96. The lowest BCUT2D eigenvalue weighted by molar-refractivity contribution is -0.158. The molecule has 144 valence electrons. The van der Waals surface area contributed by atoms with Gasteiger partial charge in [0.15, 0.2) is 5.76 Å². The first-order valence-electron chi connectivity index (χ1n) is 8.85. The molecule has 0 aliphatic carbocycles. The number of ether oxygens (including phenoxy) is 4. The maximum absolute atomic E-state index is 12.8. The summed E-state index contributed by atoms with van der Waals surface area (Å²) in [5, 5.41) is 12.8. The van der Waals surface area contributed by atoms with Gasteiger partial charge in [0, 0.05) is 25.4 Å². The van der Waals surface area contributed by atoms with Gasteiger partial charge in [0.2, 0.25) is 6.29 Å². The molecule has 2 atom stereocenters. The van der Waals surface area contributed by atoms with Crippen LogP contribution < -0.4 is 0 Å².